The minimum Gasteiger partial charge on any atom is -0.398 e. The summed E-state index contributed by atoms with van der Waals surface area (Å²) in [5, 5.41) is 2.71. The molecule has 0 spiro atoms. The van der Waals surface area contributed by atoms with Gasteiger partial charge in [-0.05, 0) is 38.0 Å². The van der Waals surface area contributed by atoms with Crippen molar-refractivity contribution in [2.45, 2.75) is 25.8 Å². The Bertz CT molecular complexity index is 527. The number of likely N-dealkylation sites (tertiary alicyclic amines) is 1. The van der Waals surface area contributed by atoms with Crippen LogP contribution in [0.15, 0.2) is 22.7 Å². The first-order valence-electron chi connectivity index (χ1n) is 6.63. The van der Waals surface area contributed by atoms with E-state index in [9.17, 15) is 9.59 Å². The molecule has 5 nitrogen and oxygen atoms in total. The zero-order valence-corrected chi connectivity index (χ0v) is 12.9. The van der Waals surface area contributed by atoms with Crippen molar-refractivity contribution in [2.75, 3.05) is 18.8 Å². The SMILES string of the molecule is CC(NC(=O)c1cc(Br)ccc1N)C(=O)N1CCCC1. The minimum atomic E-state index is -0.543. The molecule has 1 aromatic rings. The molecular formula is C14H18BrN3O2. The summed E-state index contributed by atoms with van der Waals surface area (Å²) >= 11 is 3.30. The Hall–Kier alpha value is -1.56. The van der Waals surface area contributed by atoms with E-state index in [0.29, 0.717) is 11.3 Å². The predicted octanol–water partition coefficient (Wildman–Crippen LogP) is 1.77. The van der Waals surface area contributed by atoms with Crippen LogP contribution in [0.25, 0.3) is 0 Å². The van der Waals surface area contributed by atoms with Crippen molar-refractivity contribution < 1.29 is 9.59 Å². The fraction of sp³-hybridized carbons (Fsp3) is 0.429. The van der Waals surface area contributed by atoms with E-state index in [1.165, 1.54) is 0 Å². The number of halogens is 1. The summed E-state index contributed by atoms with van der Waals surface area (Å²) in [4.78, 5) is 26.1. The highest BCUT2D eigenvalue weighted by Crippen LogP contribution is 2.18. The molecule has 1 unspecified atom stereocenters. The first-order valence-corrected chi connectivity index (χ1v) is 7.43. The number of hydrogen-bond acceptors (Lipinski definition) is 3. The summed E-state index contributed by atoms with van der Waals surface area (Å²) in [5.41, 5.74) is 6.56. The molecule has 1 atom stereocenters. The standard InChI is InChI=1S/C14H18BrN3O2/c1-9(14(20)18-6-2-3-7-18)17-13(19)11-8-10(15)4-5-12(11)16/h4-5,8-9H,2-3,6-7,16H2,1H3,(H,17,19). The molecule has 0 saturated carbocycles. The summed E-state index contributed by atoms with van der Waals surface area (Å²) < 4.78 is 0.773. The van der Waals surface area contributed by atoms with E-state index >= 15 is 0 Å². The van der Waals surface area contributed by atoms with Gasteiger partial charge in [0.2, 0.25) is 5.91 Å². The van der Waals surface area contributed by atoms with E-state index in [0.717, 1.165) is 30.4 Å². The monoisotopic (exact) mass is 339 g/mol. The largest absolute Gasteiger partial charge is 0.398 e. The fourth-order valence-electron chi connectivity index (χ4n) is 2.27. The van der Waals surface area contributed by atoms with Crippen molar-refractivity contribution in [1.29, 1.82) is 0 Å². The van der Waals surface area contributed by atoms with E-state index in [4.69, 9.17) is 5.73 Å². The molecule has 6 heteroatoms. The molecule has 2 rings (SSSR count). The lowest BCUT2D eigenvalue weighted by atomic mass is 10.1. The van der Waals surface area contributed by atoms with Gasteiger partial charge in [0.15, 0.2) is 0 Å². The van der Waals surface area contributed by atoms with Gasteiger partial charge in [0.25, 0.3) is 5.91 Å². The number of nitrogens with one attached hydrogen (secondary N) is 1. The zero-order valence-electron chi connectivity index (χ0n) is 11.4. The third kappa shape index (κ3) is 3.30. The number of benzene rings is 1. The van der Waals surface area contributed by atoms with Gasteiger partial charge < -0.3 is 16.0 Å². The van der Waals surface area contributed by atoms with Crippen LogP contribution in [-0.4, -0.2) is 35.8 Å². The van der Waals surface area contributed by atoms with Crippen LogP contribution in [0.4, 0.5) is 5.69 Å². The second-order valence-electron chi connectivity index (χ2n) is 4.96. The van der Waals surface area contributed by atoms with Gasteiger partial charge >= 0.3 is 0 Å². The lowest BCUT2D eigenvalue weighted by molar-refractivity contribution is -0.131. The maximum atomic E-state index is 12.2. The smallest absolute Gasteiger partial charge is 0.254 e. The van der Waals surface area contributed by atoms with Crippen LogP contribution in [0.1, 0.15) is 30.1 Å². The number of anilines is 1. The Morgan fingerprint density at radius 2 is 2.00 bits per heavy atom. The summed E-state index contributed by atoms with van der Waals surface area (Å²) in [6, 6.07) is 4.54. The summed E-state index contributed by atoms with van der Waals surface area (Å²) in [6.45, 7) is 3.25. The fourth-order valence-corrected chi connectivity index (χ4v) is 2.63. The normalized spacial score (nSPS) is 16.0. The number of amides is 2. The van der Waals surface area contributed by atoms with Gasteiger partial charge in [-0.25, -0.2) is 0 Å². The predicted molar refractivity (Wildman–Crippen MR) is 81.3 cm³/mol. The van der Waals surface area contributed by atoms with E-state index < -0.39 is 6.04 Å². The molecule has 1 saturated heterocycles. The Balaban J connectivity index is 2.03. The summed E-state index contributed by atoms with van der Waals surface area (Å²) in [6.07, 6.45) is 2.07. The molecule has 1 aromatic carbocycles. The Morgan fingerprint density at radius 3 is 2.65 bits per heavy atom. The van der Waals surface area contributed by atoms with Crippen LogP contribution in [0.5, 0.6) is 0 Å². The van der Waals surface area contributed by atoms with Gasteiger partial charge in [-0.15, -0.1) is 0 Å². The van der Waals surface area contributed by atoms with Crippen LogP contribution in [0, 0.1) is 0 Å². The van der Waals surface area contributed by atoms with Crippen molar-refractivity contribution in [3.8, 4) is 0 Å². The molecule has 20 heavy (non-hydrogen) atoms. The molecule has 0 bridgehead atoms. The van der Waals surface area contributed by atoms with Gasteiger partial charge in [0, 0.05) is 23.2 Å². The summed E-state index contributed by atoms with van der Waals surface area (Å²) in [7, 11) is 0. The van der Waals surface area contributed by atoms with Crippen molar-refractivity contribution in [2.24, 2.45) is 0 Å². The molecule has 1 aliphatic heterocycles. The van der Waals surface area contributed by atoms with Crippen molar-refractivity contribution >= 4 is 33.4 Å². The number of hydrogen-bond donors (Lipinski definition) is 2. The summed E-state index contributed by atoms with van der Waals surface area (Å²) in [5.74, 6) is -0.367. The van der Waals surface area contributed by atoms with Crippen LogP contribution in [-0.2, 0) is 4.79 Å². The number of nitrogens with zero attached hydrogens (tertiary/aromatic N) is 1. The molecule has 3 N–H and O–H groups in total. The Labute approximate surface area is 126 Å². The molecule has 108 valence electrons. The molecule has 1 aliphatic rings. The molecule has 0 aliphatic carbocycles. The van der Waals surface area contributed by atoms with Gasteiger partial charge in [0.05, 0.1) is 5.56 Å². The number of carbonyl (C=O) groups is 2. The number of rotatable bonds is 3. The van der Waals surface area contributed by atoms with Gasteiger partial charge in [0.1, 0.15) is 6.04 Å². The van der Waals surface area contributed by atoms with Gasteiger partial charge in [-0.2, -0.15) is 0 Å². The van der Waals surface area contributed by atoms with E-state index in [-0.39, 0.29) is 11.8 Å². The first-order chi connectivity index (χ1) is 9.49. The second-order valence-corrected chi connectivity index (χ2v) is 5.87. The minimum absolute atomic E-state index is 0.0376. The maximum Gasteiger partial charge on any atom is 0.254 e. The van der Waals surface area contributed by atoms with Gasteiger partial charge in [-0.1, -0.05) is 15.9 Å². The lowest BCUT2D eigenvalue weighted by Gasteiger charge is -2.21. The third-order valence-electron chi connectivity index (χ3n) is 3.40. The van der Waals surface area contributed by atoms with E-state index in [2.05, 4.69) is 21.2 Å². The number of carbonyl (C=O) groups excluding carboxylic acids is 2. The topological polar surface area (TPSA) is 75.4 Å². The average molecular weight is 340 g/mol. The highest BCUT2D eigenvalue weighted by atomic mass is 79.9. The third-order valence-corrected chi connectivity index (χ3v) is 3.89. The number of nitrogen functional groups attached to an aromatic ring is 1. The molecule has 0 radical (unpaired) electrons. The number of nitrogens with two attached hydrogens (primary N) is 1. The quantitative estimate of drug-likeness (QED) is 0.824. The highest BCUT2D eigenvalue weighted by molar-refractivity contribution is 9.10. The highest BCUT2D eigenvalue weighted by Gasteiger charge is 2.25. The van der Waals surface area contributed by atoms with Crippen molar-refractivity contribution in [1.82, 2.24) is 10.2 Å². The van der Waals surface area contributed by atoms with E-state index in [1.54, 1.807) is 30.0 Å². The van der Waals surface area contributed by atoms with Crippen LogP contribution < -0.4 is 11.1 Å². The maximum absolute atomic E-state index is 12.2. The average Bonchev–Trinajstić information content (AvgIpc) is 2.94. The second kappa shape index (κ2) is 6.26. The van der Waals surface area contributed by atoms with Crippen LogP contribution >= 0.6 is 15.9 Å². The molecular weight excluding hydrogens is 322 g/mol. The van der Waals surface area contributed by atoms with Crippen LogP contribution in [0.3, 0.4) is 0 Å². The molecule has 0 aromatic heterocycles. The van der Waals surface area contributed by atoms with Gasteiger partial charge in [-0.3, -0.25) is 9.59 Å². The zero-order chi connectivity index (χ0) is 14.7. The van der Waals surface area contributed by atoms with Crippen molar-refractivity contribution in [3.63, 3.8) is 0 Å². The Kier molecular flexibility index (Phi) is 4.65. The van der Waals surface area contributed by atoms with Crippen molar-refractivity contribution in [3.05, 3.63) is 28.2 Å². The first kappa shape index (κ1) is 14.8. The molecule has 1 heterocycles. The van der Waals surface area contributed by atoms with Crippen LogP contribution in [0.2, 0.25) is 0 Å². The van der Waals surface area contributed by atoms with E-state index in [1.807, 2.05) is 0 Å². The molecule has 1 fully saturated rings. The molecule has 2 amide bonds. The lowest BCUT2D eigenvalue weighted by Crippen LogP contribution is -2.46. The Morgan fingerprint density at radius 1 is 1.35 bits per heavy atom.